The standard InChI is InChI=1S/C14H26OSi/c1-8-15-10-9-11-16(12(2)3,13(4)5)14(6)7/h8,12-14H,1,10H2,2-7H3. The molecule has 0 aromatic heterocycles. The summed E-state index contributed by atoms with van der Waals surface area (Å²) >= 11 is 0. The third-order valence-corrected chi connectivity index (χ3v) is 9.79. The lowest BCUT2D eigenvalue weighted by Gasteiger charge is -2.38. The van der Waals surface area contributed by atoms with E-state index in [1.54, 1.807) is 0 Å². The molecule has 0 fully saturated rings. The third-order valence-electron chi connectivity index (χ3n) is 3.44. The van der Waals surface area contributed by atoms with E-state index in [1.807, 2.05) is 0 Å². The molecule has 0 saturated heterocycles. The van der Waals surface area contributed by atoms with Crippen molar-refractivity contribution in [3.05, 3.63) is 12.8 Å². The van der Waals surface area contributed by atoms with Crippen molar-refractivity contribution in [3.63, 3.8) is 0 Å². The number of ether oxygens (including phenoxy) is 1. The van der Waals surface area contributed by atoms with Gasteiger partial charge in [-0.1, -0.05) is 54.0 Å². The van der Waals surface area contributed by atoms with E-state index in [-0.39, 0.29) is 0 Å². The average molecular weight is 238 g/mol. The molecule has 0 aromatic carbocycles. The highest BCUT2D eigenvalue weighted by Crippen LogP contribution is 2.40. The maximum Gasteiger partial charge on any atom is 0.147 e. The minimum Gasteiger partial charge on any atom is -0.489 e. The zero-order chi connectivity index (χ0) is 12.8. The van der Waals surface area contributed by atoms with Gasteiger partial charge in [-0.05, 0) is 16.6 Å². The van der Waals surface area contributed by atoms with Gasteiger partial charge in [0, 0.05) is 0 Å². The van der Waals surface area contributed by atoms with Gasteiger partial charge < -0.3 is 4.74 Å². The average Bonchev–Trinajstić information content (AvgIpc) is 2.16. The van der Waals surface area contributed by atoms with Crippen LogP contribution in [-0.4, -0.2) is 14.7 Å². The van der Waals surface area contributed by atoms with Gasteiger partial charge in [0.1, 0.15) is 14.7 Å². The Balaban J connectivity index is 5.02. The van der Waals surface area contributed by atoms with Gasteiger partial charge in [-0.3, -0.25) is 0 Å². The van der Waals surface area contributed by atoms with Gasteiger partial charge in [0.2, 0.25) is 0 Å². The predicted octanol–water partition coefficient (Wildman–Crippen LogP) is 4.37. The monoisotopic (exact) mass is 238 g/mol. The zero-order valence-electron chi connectivity index (χ0n) is 11.6. The summed E-state index contributed by atoms with van der Waals surface area (Å²) in [5.41, 5.74) is 5.63. The summed E-state index contributed by atoms with van der Waals surface area (Å²) in [6, 6.07) is 0. The second-order valence-electron chi connectivity index (χ2n) is 5.18. The molecule has 0 radical (unpaired) electrons. The van der Waals surface area contributed by atoms with Crippen molar-refractivity contribution in [2.24, 2.45) is 0 Å². The molecule has 0 aliphatic rings. The first-order valence-electron chi connectivity index (χ1n) is 6.12. The summed E-state index contributed by atoms with van der Waals surface area (Å²) < 4.78 is 5.08. The van der Waals surface area contributed by atoms with Crippen molar-refractivity contribution in [3.8, 4) is 11.5 Å². The minimum atomic E-state index is -1.55. The second-order valence-corrected chi connectivity index (χ2v) is 10.8. The lowest BCUT2D eigenvalue weighted by atomic mass is 10.5. The molecule has 16 heavy (non-hydrogen) atoms. The first-order valence-corrected chi connectivity index (χ1v) is 8.35. The Hall–Kier alpha value is -0.683. The van der Waals surface area contributed by atoms with Gasteiger partial charge in [0.25, 0.3) is 0 Å². The Morgan fingerprint density at radius 2 is 1.50 bits per heavy atom. The first kappa shape index (κ1) is 15.3. The van der Waals surface area contributed by atoms with Crippen molar-refractivity contribution < 1.29 is 4.74 Å². The predicted molar refractivity (Wildman–Crippen MR) is 75.0 cm³/mol. The molecule has 92 valence electrons. The molecule has 0 heterocycles. The van der Waals surface area contributed by atoms with Gasteiger partial charge >= 0.3 is 0 Å². The maximum atomic E-state index is 5.08. The SMILES string of the molecule is C=COCC#C[Si](C(C)C)(C(C)C)C(C)C. The Labute approximate surface area is 102 Å². The van der Waals surface area contributed by atoms with Gasteiger partial charge in [-0.15, -0.1) is 5.54 Å². The quantitative estimate of drug-likeness (QED) is 0.299. The van der Waals surface area contributed by atoms with Gasteiger partial charge in [-0.2, -0.15) is 0 Å². The molecule has 0 unspecified atom stereocenters. The molecule has 0 aliphatic carbocycles. The Kier molecular flexibility index (Phi) is 6.51. The molecule has 0 saturated carbocycles. The number of hydrogen-bond acceptors (Lipinski definition) is 1. The highest BCUT2D eigenvalue weighted by atomic mass is 28.3. The summed E-state index contributed by atoms with van der Waals surface area (Å²) in [6.07, 6.45) is 1.46. The van der Waals surface area contributed by atoms with Crippen LogP contribution in [0.1, 0.15) is 41.5 Å². The summed E-state index contributed by atoms with van der Waals surface area (Å²) in [4.78, 5) is 0. The summed E-state index contributed by atoms with van der Waals surface area (Å²) in [5.74, 6) is 3.19. The van der Waals surface area contributed by atoms with E-state index >= 15 is 0 Å². The van der Waals surface area contributed by atoms with Crippen LogP contribution in [0.4, 0.5) is 0 Å². The fourth-order valence-electron chi connectivity index (χ4n) is 2.72. The maximum absolute atomic E-state index is 5.08. The minimum absolute atomic E-state index is 0.477. The van der Waals surface area contributed by atoms with Crippen LogP contribution < -0.4 is 0 Å². The van der Waals surface area contributed by atoms with E-state index in [9.17, 15) is 0 Å². The third kappa shape index (κ3) is 3.42. The van der Waals surface area contributed by atoms with Crippen LogP contribution in [0.3, 0.4) is 0 Å². The van der Waals surface area contributed by atoms with E-state index in [0.29, 0.717) is 23.2 Å². The Morgan fingerprint density at radius 3 is 1.81 bits per heavy atom. The number of rotatable bonds is 5. The molecular weight excluding hydrogens is 212 g/mol. The number of hydrogen-bond donors (Lipinski definition) is 0. The van der Waals surface area contributed by atoms with E-state index in [4.69, 9.17) is 4.74 Å². The van der Waals surface area contributed by atoms with E-state index in [0.717, 1.165) is 0 Å². The Morgan fingerprint density at radius 1 is 1.06 bits per heavy atom. The van der Waals surface area contributed by atoms with Crippen LogP contribution in [0.5, 0.6) is 0 Å². The zero-order valence-corrected chi connectivity index (χ0v) is 12.6. The normalized spacial score (nSPS) is 11.6. The first-order chi connectivity index (χ1) is 7.39. The molecule has 0 N–H and O–H groups in total. The molecule has 0 amide bonds. The van der Waals surface area contributed by atoms with E-state index in [1.165, 1.54) is 6.26 Å². The van der Waals surface area contributed by atoms with E-state index in [2.05, 4.69) is 59.6 Å². The molecule has 0 atom stereocenters. The van der Waals surface area contributed by atoms with Gasteiger partial charge in [0.05, 0.1) is 6.26 Å². The van der Waals surface area contributed by atoms with Crippen molar-refractivity contribution in [2.45, 2.75) is 58.2 Å². The molecule has 0 aromatic rings. The lowest BCUT2D eigenvalue weighted by molar-refractivity contribution is 0.298. The van der Waals surface area contributed by atoms with Crippen LogP contribution in [0.2, 0.25) is 16.6 Å². The van der Waals surface area contributed by atoms with E-state index < -0.39 is 8.07 Å². The highest BCUT2D eigenvalue weighted by Gasteiger charge is 2.41. The van der Waals surface area contributed by atoms with Crippen molar-refractivity contribution >= 4 is 8.07 Å². The van der Waals surface area contributed by atoms with Crippen LogP contribution in [0.25, 0.3) is 0 Å². The van der Waals surface area contributed by atoms with Crippen molar-refractivity contribution in [1.29, 1.82) is 0 Å². The summed E-state index contributed by atoms with van der Waals surface area (Å²) in [5, 5.41) is 0. The molecular formula is C14H26OSi. The van der Waals surface area contributed by atoms with Crippen LogP contribution in [-0.2, 0) is 4.74 Å². The topological polar surface area (TPSA) is 9.23 Å². The Bertz CT molecular complexity index is 246. The molecule has 2 heteroatoms. The van der Waals surface area contributed by atoms with Gasteiger partial charge in [0.15, 0.2) is 0 Å². The summed E-state index contributed by atoms with van der Waals surface area (Å²) in [6.45, 7) is 17.9. The summed E-state index contributed by atoms with van der Waals surface area (Å²) in [7, 11) is -1.55. The van der Waals surface area contributed by atoms with Crippen LogP contribution in [0.15, 0.2) is 12.8 Å². The highest BCUT2D eigenvalue weighted by molar-refractivity contribution is 6.90. The van der Waals surface area contributed by atoms with Crippen molar-refractivity contribution in [2.75, 3.05) is 6.61 Å². The molecule has 0 bridgehead atoms. The smallest absolute Gasteiger partial charge is 0.147 e. The molecule has 0 aliphatic heterocycles. The van der Waals surface area contributed by atoms with Crippen molar-refractivity contribution in [1.82, 2.24) is 0 Å². The lowest BCUT2D eigenvalue weighted by Crippen LogP contribution is -2.43. The largest absolute Gasteiger partial charge is 0.489 e. The molecule has 0 rings (SSSR count). The van der Waals surface area contributed by atoms with Crippen LogP contribution in [0, 0.1) is 11.5 Å². The fraction of sp³-hybridized carbons (Fsp3) is 0.714. The molecule has 0 spiro atoms. The molecule has 1 nitrogen and oxygen atoms in total. The van der Waals surface area contributed by atoms with Crippen LogP contribution >= 0.6 is 0 Å². The van der Waals surface area contributed by atoms with Gasteiger partial charge in [-0.25, -0.2) is 0 Å². The fourth-order valence-corrected chi connectivity index (χ4v) is 7.97. The second kappa shape index (κ2) is 6.80.